The van der Waals surface area contributed by atoms with Gasteiger partial charge in [-0.3, -0.25) is 0 Å². The molecule has 1 aliphatic rings. The maximum Gasteiger partial charge on any atom is 0.456 e. The number of imide groups is 3. The third-order valence-electron chi connectivity index (χ3n) is 2.76. The molecule has 0 unspecified atom stereocenters. The van der Waals surface area contributed by atoms with Crippen LogP contribution < -0.4 is 22.2 Å². The van der Waals surface area contributed by atoms with Crippen molar-refractivity contribution in [2.24, 2.45) is 0 Å². The van der Waals surface area contributed by atoms with Crippen LogP contribution in [-0.2, 0) is 9.59 Å². The molecule has 1 aromatic heterocycles. The zero-order valence-electron chi connectivity index (χ0n) is 10.6. The Bertz CT molecular complexity index is 565. The number of nitrogens with zero attached hydrogens (tertiary/aromatic N) is 4. The molecule has 106 valence electrons. The number of nitrogens with one attached hydrogen (secondary N) is 2. The summed E-state index contributed by atoms with van der Waals surface area (Å²) < 4.78 is -1.25. The Morgan fingerprint density at radius 3 is 2.05 bits per heavy atom. The van der Waals surface area contributed by atoms with E-state index in [2.05, 4.69) is 25.7 Å². The first kappa shape index (κ1) is 13.6. The van der Waals surface area contributed by atoms with Crippen molar-refractivity contribution < 1.29 is 19.0 Å². The van der Waals surface area contributed by atoms with E-state index < -0.39 is 22.4 Å². The molecule has 0 saturated carbocycles. The van der Waals surface area contributed by atoms with Crippen LogP contribution >= 0.6 is 0 Å². The van der Waals surface area contributed by atoms with Crippen LogP contribution in [0.2, 0.25) is 0 Å². The Morgan fingerprint density at radius 1 is 1.10 bits per heavy atom. The van der Waals surface area contributed by atoms with Gasteiger partial charge in [0, 0.05) is 7.05 Å². The Morgan fingerprint density at radius 2 is 1.60 bits per heavy atom. The van der Waals surface area contributed by atoms with Gasteiger partial charge in [-0.15, -0.1) is 0 Å². The first-order valence-electron chi connectivity index (χ1n) is 5.63. The Kier molecular flexibility index (Phi) is 3.19. The Balaban J connectivity index is 2.46. The van der Waals surface area contributed by atoms with Crippen molar-refractivity contribution in [3.8, 4) is 0 Å². The van der Waals surface area contributed by atoms with Crippen LogP contribution in [0.5, 0.6) is 0 Å². The summed E-state index contributed by atoms with van der Waals surface area (Å²) in [6.07, 6.45) is -0.120. The van der Waals surface area contributed by atoms with Crippen molar-refractivity contribution >= 4 is 35.7 Å². The molecule has 0 bridgehead atoms. The number of urea groups is 1. The molecule has 1 saturated heterocycles. The number of likely N-dealkylation sites (tertiary alicyclic amines) is 1. The summed E-state index contributed by atoms with van der Waals surface area (Å²) in [5.41, 5.74) is 13.2. The number of nitrogens with two attached hydrogens (primary N) is 2. The van der Waals surface area contributed by atoms with Crippen LogP contribution in [0.4, 0.5) is 22.6 Å². The molecule has 1 aromatic rings. The Labute approximate surface area is 112 Å². The quantitative estimate of drug-likeness (QED) is 0.367. The molecule has 6 N–H and O–H groups in total. The first-order valence-corrected chi connectivity index (χ1v) is 5.63. The van der Waals surface area contributed by atoms with Crippen molar-refractivity contribution in [3.63, 3.8) is 0 Å². The number of hydrogen-bond acceptors (Lipinski definition) is 9. The first-order chi connectivity index (χ1) is 9.40. The topological polar surface area (TPSA) is 166 Å². The summed E-state index contributed by atoms with van der Waals surface area (Å²) in [6.45, 7) is 0. The van der Waals surface area contributed by atoms with E-state index in [0.29, 0.717) is 0 Å². The van der Waals surface area contributed by atoms with Gasteiger partial charge in [0.05, 0.1) is 12.8 Å². The molecule has 4 amide bonds. The van der Waals surface area contributed by atoms with E-state index in [1.165, 1.54) is 7.05 Å². The van der Waals surface area contributed by atoms with Crippen molar-refractivity contribution in [1.29, 1.82) is 0 Å². The average Bonchev–Trinajstić information content (AvgIpc) is 2.65. The predicted octanol–water partition coefficient (Wildman–Crippen LogP) is -1.63. The molecule has 11 nitrogen and oxygen atoms in total. The van der Waals surface area contributed by atoms with Gasteiger partial charge in [0.15, 0.2) is 0 Å². The number of quaternary nitrogens is 1. The third-order valence-corrected chi connectivity index (χ3v) is 2.76. The van der Waals surface area contributed by atoms with Gasteiger partial charge < -0.3 is 16.8 Å². The highest BCUT2D eigenvalue weighted by Gasteiger charge is 2.58. The van der Waals surface area contributed by atoms with Crippen molar-refractivity contribution in [2.45, 2.75) is 12.8 Å². The molecule has 0 radical (unpaired) electrons. The van der Waals surface area contributed by atoms with Crippen LogP contribution in [0, 0.1) is 0 Å². The van der Waals surface area contributed by atoms with E-state index in [0.717, 1.165) is 0 Å². The van der Waals surface area contributed by atoms with E-state index in [4.69, 9.17) is 11.5 Å². The van der Waals surface area contributed by atoms with Gasteiger partial charge in [-0.05, 0) is 4.59 Å². The lowest BCUT2D eigenvalue weighted by Gasteiger charge is -2.24. The number of hydrogen-bond donors (Lipinski definition) is 4. The molecule has 11 heteroatoms. The number of aromatic nitrogens is 3. The lowest BCUT2D eigenvalue weighted by atomic mass is 10.4. The van der Waals surface area contributed by atoms with Crippen molar-refractivity contribution in [1.82, 2.24) is 20.3 Å². The minimum absolute atomic E-state index is 0.0602. The summed E-state index contributed by atoms with van der Waals surface area (Å²) >= 11 is 0. The van der Waals surface area contributed by atoms with Crippen LogP contribution in [0.25, 0.3) is 0 Å². The maximum absolute atomic E-state index is 12.0. The Hall–Kier alpha value is -2.82. The monoisotopic (exact) mass is 281 g/mol. The second kappa shape index (κ2) is 4.70. The summed E-state index contributed by atoms with van der Waals surface area (Å²) in [6, 6.07) is -0.838. The SMILES string of the molecule is CNC(=O)[N+]1(Nc2nc(N)nc(N)n2)C(=O)CCC1=O. The molecule has 1 aliphatic heterocycles. The molecule has 2 rings (SSSR count). The molecule has 0 spiro atoms. The average molecular weight is 281 g/mol. The van der Waals surface area contributed by atoms with E-state index in [1.54, 1.807) is 0 Å². The van der Waals surface area contributed by atoms with E-state index in [-0.39, 0.29) is 30.7 Å². The second-order valence-corrected chi connectivity index (χ2v) is 4.00. The minimum Gasteiger partial charge on any atom is -0.368 e. The summed E-state index contributed by atoms with van der Waals surface area (Å²) in [5.74, 6) is -1.87. The summed E-state index contributed by atoms with van der Waals surface area (Å²) in [4.78, 5) is 46.8. The molecule has 1 fully saturated rings. The number of rotatable bonds is 2. The highest BCUT2D eigenvalue weighted by molar-refractivity contribution is 6.02. The van der Waals surface area contributed by atoms with E-state index >= 15 is 0 Å². The molecule has 0 atom stereocenters. The summed E-state index contributed by atoms with van der Waals surface area (Å²) in [5, 5.41) is 2.25. The molecular formula is C9H13N8O3+. The largest absolute Gasteiger partial charge is 0.456 e. The minimum atomic E-state index is -1.25. The lowest BCUT2D eigenvalue weighted by molar-refractivity contribution is -0.665. The van der Waals surface area contributed by atoms with Crippen LogP contribution in [0.15, 0.2) is 0 Å². The normalized spacial score (nSPS) is 17.1. The second-order valence-electron chi connectivity index (χ2n) is 4.00. The van der Waals surface area contributed by atoms with Gasteiger partial charge in [-0.1, -0.05) is 0 Å². The van der Waals surface area contributed by atoms with Gasteiger partial charge in [0.25, 0.3) is 5.95 Å². The van der Waals surface area contributed by atoms with E-state index in [9.17, 15) is 14.4 Å². The van der Waals surface area contributed by atoms with Gasteiger partial charge in [-0.2, -0.15) is 20.4 Å². The van der Waals surface area contributed by atoms with Gasteiger partial charge in [-0.25, -0.2) is 14.4 Å². The zero-order chi connectivity index (χ0) is 14.9. The zero-order valence-corrected chi connectivity index (χ0v) is 10.6. The molecule has 0 aromatic carbocycles. The number of nitrogen functional groups attached to an aromatic ring is 2. The van der Waals surface area contributed by atoms with Gasteiger partial charge in [0.2, 0.25) is 11.9 Å². The fourth-order valence-electron chi connectivity index (χ4n) is 1.87. The maximum atomic E-state index is 12.0. The van der Waals surface area contributed by atoms with E-state index in [1.807, 2.05) is 0 Å². The standard InChI is InChI=1S/C9H12N8O3/c1-12-9(20)17(4(18)2-3-5(17)19)16-8-14-6(10)13-7(11)15-8/h2-3H2,1H3,(H5-,10,11,12,13,14,15,16,20)/p+1. The summed E-state index contributed by atoms with van der Waals surface area (Å²) in [7, 11) is 1.30. The lowest BCUT2D eigenvalue weighted by Crippen LogP contribution is -2.63. The third kappa shape index (κ3) is 1.99. The highest BCUT2D eigenvalue weighted by Crippen LogP contribution is 2.24. The van der Waals surface area contributed by atoms with Crippen LogP contribution in [-0.4, -0.2) is 44.4 Å². The number of carbonyl (C=O) groups is 3. The van der Waals surface area contributed by atoms with Crippen LogP contribution in [0.3, 0.4) is 0 Å². The number of anilines is 3. The van der Waals surface area contributed by atoms with Crippen molar-refractivity contribution in [2.75, 3.05) is 23.9 Å². The molecule has 20 heavy (non-hydrogen) atoms. The van der Waals surface area contributed by atoms with Crippen LogP contribution in [0.1, 0.15) is 12.8 Å². The number of carbonyl (C=O) groups excluding carboxylic acids is 3. The molecule has 0 aliphatic carbocycles. The highest BCUT2D eigenvalue weighted by atomic mass is 16.2. The predicted molar refractivity (Wildman–Crippen MR) is 66.2 cm³/mol. The fourth-order valence-corrected chi connectivity index (χ4v) is 1.87. The smallest absolute Gasteiger partial charge is 0.368 e. The van der Waals surface area contributed by atoms with Gasteiger partial charge >= 0.3 is 17.8 Å². The number of amides is 4. The van der Waals surface area contributed by atoms with Crippen molar-refractivity contribution in [3.05, 3.63) is 0 Å². The fraction of sp³-hybridized carbons (Fsp3) is 0.333. The molecular weight excluding hydrogens is 268 g/mol. The molecule has 2 heterocycles. The van der Waals surface area contributed by atoms with Gasteiger partial charge in [0.1, 0.15) is 0 Å².